The zero-order valence-electron chi connectivity index (χ0n) is 10.6. The highest BCUT2D eigenvalue weighted by Gasteiger charge is 2.23. The van der Waals surface area contributed by atoms with Crippen molar-refractivity contribution < 1.29 is 9.53 Å². The maximum absolute atomic E-state index is 12.5. The number of halogens is 2. The molecule has 0 N–H and O–H groups in total. The summed E-state index contributed by atoms with van der Waals surface area (Å²) in [6.45, 7) is 0. The van der Waals surface area contributed by atoms with Crippen molar-refractivity contribution in [2.75, 3.05) is 0 Å². The first kappa shape index (κ1) is 13.8. The molecule has 1 fully saturated rings. The summed E-state index contributed by atoms with van der Waals surface area (Å²) < 4.78 is 7.36. The standard InChI is InChI=1S/C16H12Br2O2/c17-11-3-8-15(18)14(9-11)16(19)10-1-4-12(5-2-10)20-13-6-7-13/h1-5,8-9,13H,6-7H2. The lowest BCUT2D eigenvalue weighted by molar-refractivity contribution is 0.103. The van der Waals surface area contributed by atoms with E-state index in [4.69, 9.17) is 4.74 Å². The van der Waals surface area contributed by atoms with Crippen LogP contribution in [0.15, 0.2) is 51.4 Å². The topological polar surface area (TPSA) is 26.3 Å². The Bertz CT molecular complexity index is 646. The van der Waals surface area contributed by atoms with Crippen LogP contribution < -0.4 is 4.74 Å². The fraction of sp³-hybridized carbons (Fsp3) is 0.188. The normalized spacial score (nSPS) is 14.1. The number of hydrogen-bond donors (Lipinski definition) is 0. The van der Waals surface area contributed by atoms with Crippen molar-refractivity contribution in [3.05, 3.63) is 62.5 Å². The van der Waals surface area contributed by atoms with Crippen molar-refractivity contribution in [1.29, 1.82) is 0 Å². The summed E-state index contributed by atoms with van der Waals surface area (Å²) in [6.07, 6.45) is 2.63. The predicted molar refractivity (Wildman–Crippen MR) is 85.4 cm³/mol. The minimum atomic E-state index is -0.00357. The molecule has 2 aromatic carbocycles. The Morgan fingerprint density at radius 2 is 1.75 bits per heavy atom. The lowest BCUT2D eigenvalue weighted by atomic mass is 10.0. The molecule has 102 valence electrons. The van der Waals surface area contributed by atoms with E-state index >= 15 is 0 Å². The Hall–Kier alpha value is -1.13. The van der Waals surface area contributed by atoms with Crippen LogP contribution in [0.3, 0.4) is 0 Å². The second kappa shape index (κ2) is 5.70. The van der Waals surface area contributed by atoms with Crippen molar-refractivity contribution in [2.45, 2.75) is 18.9 Å². The van der Waals surface area contributed by atoms with Crippen LogP contribution in [0.4, 0.5) is 0 Å². The molecule has 2 nitrogen and oxygen atoms in total. The van der Waals surface area contributed by atoms with E-state index in [2.05, 4.69) is 31.9 Å². The Kier molecular flexibility index (Phi) is 3.94. The minimum absolute atomic E-state index is 0.00357. The van der Waals surface area contributed by atoms with E-state index in [1.807, 2.05) is 42.5 Å². The predicted octanol–water partition coefficient (Wildman–Crippen LogP) is 4.98. The van der Waals surface area contributed by atoms with Gasteiger partial charge in [0.1, 0.15) is 5.75 Å². The number of ketones is 1. The van der Waals surface area contributed by atoms with Gasteiger partial charge in [0.25, 0.3) is 0 Å². The van der Waals surface area contributed by atoms with E-state index in [0.29, 0.717) is 17.2 Å². The molecule has 3 rings (SSSR count). The van der Waals surface area contributed by atoms with Crippen LogP contribution in [0.1, 0.15) is 28.8 Å². The molecule has 0 amide bonds. The SMILES string of the molecule is O=C(c1ccc(OC2CC2)cc1)c1cc(Br)ccc1Br. The van der Waals surface area contributed by atoms with Gasteiger partial charge in [0.15, 0.2) is 5.78 Å². The van der Waals surface area contributed by atoms with Crippen LogP contribution in [0.25, 0.3) is 0 Å². The highest BCUT2D eigenvalue weighted by molar-refractivity contribution is 9.11. The molecule has 1 aliphatic carbocycles. The van der Waals surface area contributed by atoms with Gasteiger partial charge in [0.05, 0.1) is 6.10 Å². The Morgan fingerprint density at radius 1 is 1.05 bits per heavy atom. The van der Waals surface area contributed by atoms with Gasteiger partial charge < -0.3 is 4.74 Å². The summed E-state index contributed by atoms with van der Waals surface area (Å²) in [6, 6.07) is 12.9. The number of rotatable bonds is 4. The lowest BCUT2D eigenvalue weighted by Gasteiger charge is -2.07. The number of hydrogen-bond acceptors (Lipinski definition) is 2. The van der Waals surface area contributed by atoms with Gasteiger partial charge in [-0.15, -0.1) is 0 Å². The van der Waals surface area contributed by atoms with E-state index in [9.17, 15) is 4.79 Å². The third-order valence-corrected chi connectivity index (χ3v) is 4.30. The van der Waals surface area contributed by atoms with E-state index in [1.54, 1.807) is 0 Å². The second-order valence-corrected chi connectivity index (χ2v) is 6.56. The minimum Gasteiger partial charge on any atom is -0.490 e. The Morgan fingerprint density at radius 3 is 2.40 bits per heavy atom. The first-order chi connectivity index (χ1) is 9.63. The monoisotopic (exact) mass is 394 g/mol. The van der Waals surface area contributed by atoms with Gasteiger partial charge in [-0.2, -0.15) is 0 Å². The lowest BCUT2D eigenvalue weighted by Crippen LogP contribution is -2.03. The molecule has 0 aliphatic heterocycles. The molecule has 0 spiro atoms. The van der Waals surface area contributed by atoms with Crippen LogP contribution in [0.2, 0.25) is 0 Å². The number of ether oxygens (including phenoxy) is 1. The van der Waals surface area contributed by atoms with Crippen LogP contribution in [-0.4, -0.2) is 11.9 Å². The van der Waals surface area contributed by atoms with Gasteiger partial charge in [0, 0.05) is 20.1 Å². The highest BCUT2D eigenvalue weighted by Crippen LogP contribution is 2.28. The molecular formula is C16H12Br2O2. The summed E-state index contributed by atoms with van der Waals surface area (Å²) in [5.41, 5.74) is 1.31. The molecule has 0 unspecified atom stereocenters. The van der Waals surface area contributed by atoms with Gasteiger partial charge in [-0.3, -0.25) is 4.79 Å². The largest absolute Gasteiger partial charge is 0.490 e. The van der Waals surface area contributed by atoms with Gasteiger partial charge in [-0.25, -0.2) is 0 Å². The Labute approximate surface area is 134 Å². The quantitative estimate of drug-likeness (QED) is 0.682. The fourth-order valence-corrected chi connectivity index (χ4v) is 2.68. The van der Waals surface area contributed by atoms with E-state index in [1.165, 1.54) is 0 Å². The summed E-state index contributed by atoms with van der Waals surface area (Å²) in [7, 11) is 0. The highest BCUT2D eigenvalue weighted by atomic mass is 79.9. The smallest absolute Gasteiger partial charge is 0.194 e. The zero-order chi connectivity index (χ0) is 14.1. The fourth-order valence-electron chi connectivity index (χ4n) is 1.89. The summed E-state index contributed by atoms with van der Waals surface area (Å²) in [5.74, 6) is 0.827. The van der Waals surface area contributed by atoms with Crippen molar-refractivity contribution in [3.63, 3.8) is 0 Å². The molecule has 0 saturated heterocycles. The molecule has 4 heteroatoms. The van der Waals surface area contributed by atoms with Crippen LogP contribution in [0, 0.1) is 0 Å². The van der Waals surface area contributed by atoms with Gasteiger partial charge in [-0.05, 0) is 55.3 Å². The van der Waals surface area contributed by atoms with Crippen LogP contribution >= 0.6 is 31.9 Å². The molecule has 0 radical (unpaired) electrons. The molecule has 0 heterocycles. The molecular weight excluding hydrogens is 384 g/mol. The molecule has 20 heavy (non-hydrogen) atoms. The maximum Gasteiger partial charge on any atom is 0.194 e. The van der Waals surface area contributed by atoms with Crippen LogP contribution in [0.5, 0.6) is 5.75 Å². The number of carbonyl (C=O) groups excluding carboxylic acids is 1. The molecule has 0 atom stereocenters. The first-order valence-corrected chi connectivity index (χ1v) is 7.98. The molecule has 0 aromatic heterocycles. The average molecular weight is 396 g/mol. The average Bonchev–Trinajstić information content (AvgIpc) is 3.26. The molecule has 0 bridgehead atoms. The van der Waals surface area contributed by atoms with Gasteiger partial charge in [0.2, 0.25) is 0 Å². The summed E-state index contributed by atoms with van der Waals surface area (Å²) in [4.78, 5) is 12.5. The van der Waals surface area contributed by atoms with Gasteiger partial charge >= 0.3 is 0 Å². The van der Waals surface area contributed by atoms with Crippen molar-refractivity contribution >= 4 is 37.6 Å². The Balaban J connectivity index is 1.83. The zero-order valence-corrected chi connectivity index (χ0v) is 13.8. The number of benzene rings is 2. The molecule has 1 saturated carbocycles. The van der Waals surface area contributed by atoms with Crippen molar-refractivity contribution in [1.82, 2.24) is 0 Å². The molecule has 1 aliphatic rings. The number of carbonyl (C=O) groups is 1. The van der Waals surface area contributed by atoms with Crippen LogP contribution in [-0.2, 0) is 0 Å². The summed E-state index contributed by atoms with van der Waals surface area (Å²) in [5, 5.41) is 0. The van der Waals surface area contributed by atoms with Gasteiger partial charge in [-0.1, -0.05) is 31.9 Å². The van der Waals surface area contributed by atoms with E-state index < -0.39 is 0 Å². The van der Waals surface area contributed by atoms with E-state index in [-0.39, 0.29) is 5.78 Å². The third-order valence-electron chi connectivity index (χ3n) is 3.12. The summed E-state index contributed by atoms with van der Waals surface area (Å²) >= 11 is 6.81. The first-order valence-electron chi connectivity index (χ1n) is 6.40. The van der Waals surface area contributed by atoms with Crippen molar-refractivity contribution in [3.8, 4) is 5.75 Å². The maximum atomic E-state index is 12.5. The molecule has 2 aromatic rings. The van der Waals surface area contributed by atoms with Crippen molar-refractivity contribution in [2.24, 2.45) is 0 Å². The second-order valence-electron chi connectivity index (χ2n) is 4.79. The van der Waals surface area contributed by atoms with E-state index in [0.717, 1.165) is 27.5 Å². The third kappa shape index (κ3) is 3.13.